The quantitative estimate of drug-likeness (QED) is 0.723. The van der Waals surface area contributed by atoms with Crippen molar-refractivity contribution in [1.82, 2.24) is 4.90 Å². The van der Waals surface area contributed by atoms with Crippen molar-refractivity contribution in [2.24, 2.45) is 5.92 Å². The molecular weight excluding hydrogens is 202 g/mol. The van der Waals surface area contributed by atoms with Gasteiger partial charge in [0.2, 0.25) is 0 Å². The highest BCUT2D eigenvalue weighted by molar-refractivity contribution is 4.69. The van der Waals surface area contributed by atoms with E-state index in [-0.39, 0.29) is 6.10 Å². The third-order valence-electron chi connectivity index (χ3n) is 3.62. The molecule has 1 rings (SSSR count). The molecule has 1 atom stereocenters. The number of ether oxygens (including phenoxy) is 1. The average Bonchev–Trinajstić information content (AvgIpc) is 2.31. The third kappa shape index (κ3) is 5.28. The summed E-state index contributed by atoms with van der Waals surface area (Å²) in [5, 5.41) is 9.97. The molecule has 3 nitrogen and oxygen atoms in total. The van der Waals surface area contributed by atoms with E-state index in [2.05, 4.69) is 18.7 Å². The van der Waals surface area contributed by atoms with Crippen molar-refractivity contribution in [3.05, 3.63) is 0 Å². The highest BCUT2D eigenvalue weighted by Crippen LogP contribution is 2.21. The first kappa shape index (κ1) is 13.9. The molecule has 1 heterocycles. The molecule has 0 aromatic carbocycles. The van der Waals surface area contributed by atoms with Gasteiger partial charge in [0.25, 0.3) is 0 Å². The predicted octanol–water partition coefficient (Wildman–Crippen LogP) is 1.90. The van der Waals surface area contributed by atoms with E-state index < -0.39 is 0 Å². The van der Waals surface area contributed by atoms with Crippen LogP contribution >= 0.6 is 0 Å². The standard InChI is InChI=1S/C13H27NO2/c1-3-14(4-2)8-5-13(15)11-12-6-9-16-10-7-12/h12-13,15H,3-11H2,1-2H3. The Bertz CT molecular complexity index is 165. The van der Waals surface area contributed by atoms with Crippen molar-refractivity contribution in [2.45, 2.75) is 45.6 Å². The molecule has 0 radical (unpaired) electrons. The SMILES string of the molecule is CCN(CC)CCC(O)CC1CCOCC1. The summed E-state index contributed by atoms with van der Waals surface area (Å²) in [5.74, 6) is 0.681. The second-order valence-electron chi connectivity index (χ2n) is 4.76. The summed E-state index contributed by atoms with van der Waals surface area (Å²) < 4.78 is 5.32. The van der Waals surface area contributed by atoms with Crippen LogP contribution in [-0.4, -0.2) is 49.0 Å². The maximum absolute atomic E-state index is 9.97. The van der Waals surface area contributed by atoms with Gasteiger partial charge in [0.1, 0.15) is 0 Å². The van der Waals surface area contributed by atoms with E-state index in [0.29, 0.717) is 5.92 Å². The van der Waals surface area contributed by atoms with Crippen molar-refractivity contribution < 1.29 is 9.84 Å². The number of aliphatic hydroxyl groups is 1. The Kier molecular flexibility index (Phi) is 7.01. The number of nitrogens with zero attached hydrogens (tertiary/aromatic N) is 1. The van der Waals surface area contributed by atoms with Gasteiger partial charge in [-0.25, -0.2) is 0 Å². The van der Waals surface area contributed by atoms with Crippen LogP contribution in [0.15, 0.2) is 0 Å². The molecule has 0 aromatic heterocycles. The zero-order valence-corrected chi connectivity index (χ0v) is 10.8. The van der Waals surface area contributed by atoms with Crippen molar-refractivity contribution >= 4 is 0 Å². The summed E-state index contributed by atoms with van der Waals surface area (Å²) in [4.78, 5) is 2.37. The van der Waals surface area contributed by atoms with Crippen LogP contribution in [0.3, 0.4) is 0 Å². The Morgan fingerprint density at radius 2 is 1.88 bits per heavy atom. The third-order valence-corrected chi connectivity index (χ3v) is 3.62. The van der Waals surface area contributed by atoms with Gasteiger partial charge >= 0.3 is 0 Å². The maximum atomic E-state index is 9.97. The lowest BCUT2D eigenvalue weighted by Gasteiger charge is -2.25. The molecule has 0 spiro atoms. The van der Waals surface area contributed by atoms with Gasteiger partial charge < -0.3 is 14.7 Å². The summed E-state index contributed by atoms with van der Waals surface area (Å²) in [5.41, 5.74) is 0. The molecule has 96 valence electrons. The van der Waals surface area contributed by atoms with Crippen LogP contribution in [0.25, 0.3) is 0 Å². The van der Waals surface area contributed by atoms with Crippen LogP contribution in [0, 0.1) is 5.92 Å². The van der Waals surface area contributed by atoms with Crippen molar-refractivity contribution in [2.75, 3.05) is 32.8 Å². The Morgan fingerprint density at radius 1 is 1.25 bits per heavy atom. The monoisotopic (exact) mass is 229 g/mol. The van der Waals surface area contributed by atoms with E-state index in [1.54, 1.807) is 0 Å². The van der Waals surface area contributed by atoms with Gasteiger partial charge in [-0.3, -0.25) is 0 Å². The first-order valence-corrected chi connectivity index (χ1v) is 6.74. The molecule has 1 unspecified atom stereocenters. The minimum Gasteiger partial charge on any atom is -0.393 e. The molecule has 1 saturated heterocycles. The second-order valence-corrected chi connectivity index (χ2v) is 4.76. The van der Waals surface area contributed by atoms with Gasteiger partial charge in [-0.1, -0.05) is 13.8 Å². The first-order chi connectivity index (χ1) is 7.76. The van der Waals surface area contributed by atoms with E-state index in [4.69, 9.17) is 4.74 Å². The van der Waals surface area contributed by atoms with Crippen molar-refractivity contribution in [3.8, 4) is 0 Å². The fourth-order valence-corrected chi connectivity index (χ4v) is 2.36. The predicted molar refractivity (Wildman–Crippen MR) is 66.6 cm³/mol. The van der Waals surface area contributed by atoms with Gasteiger partial charge in [-0.15, -0.1) is 0 Å². The molecule has 0 bridgehead atoms. The largest absolute Gasteiger partial charge is 0.393 e. The highest BCUT2D eigenvalue weighted by atomic mass is 16.5. The van der Waals surface area contributed by atoms with Crippen LogP contribution in [0.4, 0.5) is 0 Å². The van der Waals surface area contributed by atoms with E-state index in [0.717, 1.165) is 58.5 Å². The fraction of sp³-hybridized carbons (Fsp3) is 1.00. The Labute approximate surface area is 99.8 Å². The summed E-state index contributed by atoms with van der Waals surface area (Å²) in [6.45, 7) is 9.31. The normalized spacial score (nSPS) is 20.2. The summed E-state index contributed by atoms with van der Waals surface area (Å²) >= 11 is 0. The van der Waals surface area contributed by atoms with Crippen LogP contribution < -0.4 is 0 Å². The van der Waals surface area contributed by atoms with Crippen molar-refractivity contribution in [1.29, 1.82) is 0 Å². The lowest BCUT2D eigenvalue weighted by Crippen LogP contribution is -2.28. The molecule has 16 heavy (non-hydrogen) atoms. The maximum Gasteiger partial charge on any atom is 0.0555 e. The van der Waals surface area contributed by atoms with Crippen LogP contribution in [0.5, 0.6) is 0 Å². The Hall–Kier alpha value is -0.120. The summed E-state index contributed by atoms with van der Waals surface area (Å²) in [6, 6.07) is 0. The van der Waals surface area contributed by atoms with Gasteiger partial charge in [0, 0.05) is 19.8 Å². The molecule has 1 aliphatic rings. The van der Waals surface area contributed by atoms with Crippen molar-refractivity contribution in [3.63, 3.8) is 0 Å². The molecule has 1 aliphatic heterocycles. The number of hydrogen-bond donors (Lipinski definition) is 1. The van der Waals surface area contributed by atoms with E-state index in [1.807, 2.05) is 0 Å². The first-order valence-electron chi connectivity index (χ1n) is 6.74. The van der Waals surface area contributed by atoms with Gasteiger partial charge in [0.05, 0.1) is 6.10 Å². The summed E-state index contributed by atoms with van der Waals surface area (Å²) in [7, 11) is 0. The smallest absolute Gasteiger partial charge is 0.0555 e. The molecule has 1 N–H and O–H groups in total. The van der Waals surface area contributed by atoms with Gasteiger partial charge in [-0.05, 0) is 44.7 Å². The lowest BCUT2D eigenvalue weighted by atomic mass is 9.92. The molecule has 0 aliphatic carbocycles. The second kappa shape index (κ2) is 8.04. The molecule has 0 saturated carbocycles. The molecule has 0 amide bonds. The van der Waals surface area contributed by atoms with E-state index >= 15 is 0 Å². The van der Waals surface area contributed by atoms with Gasteiger partial charge in [0.15, 0.2) is 0 Å². The minimum atomic E-state index is -0.122. The zero-order chi connectivity index (χ0) is 11.8. The fourth-order valence-electron chi connectivity index (χ4n) is 2.36. The number of rotatable bonds is 7. The zero-order valence-electron chi connectivity index (χ0n) is 10.8. The molecule has 0 aromatic rings. The lowest BCUT2D eigenvalue weighted by molar-refractivity contribution is 0.0399. The molecule has 1 fully saturated rings. The Morgan fingerprint density at radius 3 is 2.44 bits per heavy atom. The molecular formula is C13H27NO2. The van der Waals surface area contributed by atoms with E-state index in [9.17, 15) is 5.11 Å². The van der Waals surface area contributed by atoms with Gasteiger partial charge in [-0.2, -0.15) is 0 Å². The highest BCUT2D eigenvalue weighted by Gasteiger charge is 2.18. The minimum absolute atomic E-state index is 0.122. The summed E-state index contributed by atoms with van der Waals surface area (Å²) in [6.07, 6.45) is 4.01. The average molecular weight is 229 g/mol. The van der Waals surface area contributed by atoms with E-state index in [1.165, 1.54) is 0 Å². The molecule has 3 heteroatoms. The van der Waals surface area contributed by atoms with Crippen LogP contribution in [-0.2, 0) is 4.74 Å². The van der Waals surface area contributed by atoms with Crippen LogP contribution in [0.2, 0.25) is 0 Å². The number of hydrogen-bond acceptors (Lipinski definition) is 3. The van der Waals surface area contributed by atoms with Crippen LogP contribution in [0.1, 0.15) is 39.5 Å². The Balaban J connectivity index is 2.11. The number of aliphatic hydroxyl groups excluding tert-OH is 1. The topological polar surface area (TPSA) is 32.7 Å².